The third kappa shape index (κ3) is 3.83. The highest BCUT2D eigenvalue weighted by Gasteiger charge is 2.18. The van der Waals surface area contributed by atoms with Gasteiger partial charge in [-0.15, -0.1) is 0 Å². The van der Waals surface area contributed by atoms with E-state index in [1.165, 1.54) is 36.4 Å². The summed E-state index contributed by atoms with van der Waals surface area (Å²) in [6.07, 6.45) is 3.09. The topological polar surface area (TPSA) is 138 Å². The molecule has 0 atom stereocenters. The lowest BCUT2D eigenvalue weighted by atomic mass is 9.96. The molecule has 0 aromatic heterocycles. The summed E-state index contributed by atoms with van der Waals surface area (Å²) in [6.45, 7) is 0. The second kappa shape index (κ2) is 7.24. The van der Waals surface area contributed by atoms with Crippen LogP contribution in [-0.4, -0.2) is 36.4 Å². The molecule has 0 saturated carbocycles. The van der Waals surface area contributed by atoms with E-state index in [1.807, 2.05) is 0 Å². The first-order valence-electron chi connectivity index (χ1n) is 8.08. The highest BCUT2D eigenvalue weighted by Crippen LogP contribution is 2.36. The molecule has 0 bridgehead atoms. The standard InChI is InChI=1S/C21H16O7/c22-14-4-3-12(2-1-11-5-15(23)9-16(24)6-11)17(10-14)20(27)13-7-18(25)21(28)19(26)8-13/h1-10,22-26,28H. The minimum absolute atomic E-state index is 0.0742. The number of phenolic OH excluding ortho intramolecular Hbond substituents is 6. The van der Waals surface area contributed by atoms with Crippen LogP contribution < -0.4 is 0 Å². The molecule has 0 spiro atoms. The summed E-state index contributed by atoms with van der Waals surface area (Å²) in [5, 5.41) is 57.5. The zero-order chi connectivity index (χ0) is 20.4. The molecule has 0 aliphatic heterocycles. The van der Waals surface area contributed by atoms with Gasteiger partial charge in [0.15, 0.2) is 23.0 Å². The number of carbonyl (C=O) groups excluding carboxylic acids is 1. The van der Waals surface area contributed by atoms with Crippen molar-refractivity contribution in [2.45, 2.75) is 0 Å². The van der Waals surface area contributed by atoms with E-state index < -0.39 is 23.0 Å². The smallest absolute Gasteiger partial charge is 0.200 e. The van der Waals surface area contributed by atoms with Crippen LogP contribution in [-0.2, 0) is 0 Å². The van der Waals surface area contributed by atoms with Gasteiger partial charge in [0.1, 0.15) is 17.2 Å². The first kappa shape index (κ1) is 18.7. The molecule has 0 aliphatic carbocycles. The first-order valence-corrected chi connectivity index (χ1v) is 8.08. The van der Waals surface area contributed by atoms with Crippen LogP contribution in [0, 0.1) is 0 Å². The Morgan fingerprint density at radius 1 is 0.679 bits per heavy atom. The van der Waals surface area contributed by atoms with Gasteiger partial charge in [0.05, 0.1) is 0 Å². The highest BCUT2D eigenvalue weighted by atomic mass is 16.3. The quantitative estimate of drug-likeness (QED) is 0.232. The molecule has 0 unspecified atom stereocenters. The number of carbonyl (C=O) groups is 1. The Hall–Kier alpha value is -4.13. The maximum absolute atomic E-state index is 12.8. The number of phenols is 6. The maximum Gasteiger partial charge on any atom is 0.200 e. The first-order chi connectivity index (χ1) is 13.2. The SMILES string of the molecule is O=C(c1cc(O)c(O)c(O)c1)c1cc(O)ccc1C=Cc1cc(O)cc(O)c1. The van der Waals surface area contributed by atoms with Gasteiger partial charge < -0.3 is 30.6 Å². The lowest BCUT2D eigenvalue weighted by molar-refractivity contribution is 0.103. The van der Waals surface area contributed by atoms with Gasteiger partial charge in [-0.1, -0.05) is 18.2 Å². The minimum Gasteiger partial charge on any atom is -0.508 e. The van der Waals surface area contributed by atoms with E-state index >= 15 is 0 Å². The van der Waals surface area contributed by atoms with Gasteiger partial charge in [0, 0.05) is 17.2 Å². The summed E-state index contributed by atoms with van der Waals surface area (Å²) in [5.74, 6) is -3.08. The van der Waals surface area contributed by atoms with Gasteiger partial charge >= 0.3 is 0 Å². The summed E-state index contributed by atoms with van der Waals surface area (Å²) < 4.78 is 0. The van der Waals surface area contributed by atoms with Crippen LogP contribution in [0.5, 0.6) is 34.5 Å². The van der Waals surface area contributed by atoms with E-state index in [4.69, 9.17) is 0 Å². The van der Waals surface area contributed by atoms with Gasteiger partial charge in [-0.05, 0) is 47.5 Å². The monoisotopic (exact) mass is 380 g/mol. The molecule has 0 amide bonds. The van der Waals surface area contributed by atoms with Crippen LogP contribution in [0.2, 0.25) is 0 Å². The van der Waals surface area contributed by atoms with Gasteiger partial charge in [-0.2, -0.15) is 0 Å². The van der Waals surface area contributed by atoms with Gasteiger partial charge in [0.2, 0.25) is 0 Å². The Morgan fingerprint density at radius 2 is 1.29 bits per heavy atom. The van der Waals surface area contributed by atoms with Gasteiger partial charge in [-0.25, -0.2) is 0 Å². The van der Waals surface area contributed by atoms with Crippen LogP contribution in [0.1, 0.15) is 27.0 Å². The van der Waals surface area contributed by atoms with Crippen molar-refractivity contribution < 1.29 is 35.4 Å². The molecule has 3 aromatic carbocycles. The molecule has 0 heterocycles. The molecule has 0 radical (unpaired) electrons. The molecule has 7 heteroatoms. The van der Waals surface area contributed by atoms with E-state index in [9.17, 15) is 35.4 Å². The van der Waals surface area contributed by atoms with Crippen molar-refractivity contribution >= 4 is 17.9 Å². The molecule has 3 aromatic rings. The molecule has 28 heavy (non-hydrogen) atoms. The molecule has 0 aliphatic rings. The number of hydrogen-bond acceptors (Lipinski definition) is 7. The second-order valence-electron chi connectivity index (χ2n) is 6.08. The summed E-state index contributed by atoms with van der Waals surface area (Å²) in [5.41, 5.74) is 0.856. The number of ketones is 1. The van der Waals surface area contributed by atoms with Crippen molar-refractivity contribution in [2.24, 2.45) is 0 Å². The fourth-order valence-electron chi connectivity index (χ4n) is 2.68. The van der Waals surface area contributed by atoms with Crippen molar-refractivity contribution in [2.75, 3.05) is 0 Å². The Kier molecular flexibility index (Phi) is 4.82. The summed E-state index contributed by atoms with van der Waals surface area (Å²) in [4.78, 5) is 12.8. The molecular formula is C21H16O7. The van der Waals surface area contributed by atoms with Crippen LogP contribution >= 0.6 is 0 Å². The van der Waals surface area contributed by atoms with Crippen molar-refractivity contribution in [1.82, 2.24) is 0 Å². The zero-order valence-corrected chi connectivity index (χ0v) is 14.4. The molecule has 0 saturated heterocycles. The molecule has 142 valence electrons. The predicted molar refractivity (Wildman–Crippen MR) is 102 cm³/mol. The highest BCUT2D eigenvalue weighted by molar-refractivity contribution is 6.12. The zero-order valence-electron chi connectivity index (χ0n) is 14.4. The minimum atomic E-state index is -0.740. The predicted octanol–water partition coefficient (Wildman–Crippen LogP) is 3.32. The Morgan fingerprint density at radius 3 is 1.89 bits per heavy atom. The molecule has 6 N–H and O–H groups in total. The number of hydrogen-bond donors (Lipinski definition) is 6. The van der Waals surface area contributed by atoms with Crippen LogP contribution in [0.15, 0.2) is 48.5 Å². The summed E-state index contributed by atoms with van der Waals surface area (Å²) in [6, 6.07) is 10.1. The lowest BCUT2D eigenvalue weighted by Gasteiger charge is -2.09. The number of rotatable bonds is 4. The van der Waals surface area contributed by atoms with E-state index in [-0.39, 0.29) is 28.4 Å². The Bertz CT molecular complexity index is 1060. The Labute approximate surface area is 159 Å². The van der Waals surface area contributed by atoms with Gasteiger partial charge in [0.25, 0.3) is 0 Å². The lowest BCUT2D eigenvalue weighted by Crippen LogP contribution is -2.03. The summed E-state index contributed by atoms with van der Waals surface area (Å²) in [7, 11) is 0. The third-order valence-corrected chi connectivity index (χ3v) is 3.99. The van der Waals surface area contributed by atoms with Crippen molar-refractivity contribution in [3.8, 4) is 34.5 Å². The van der Waals surface area contributed by atoms with Crippen molar-refractivity contribution in [1.29, 1.82) is 0 Å². The van der Waals surface area contributed by atoms with Crippen LogP contribution in [0.3, 0.4) is 0 Å². The second-order valence-corrected chi connectivity index (χ2v) is 6.08. The van der Waals surface area contributed by atoms with E-state index in [0.29, 0.717) is 11.1 Å². The molecule has 3 rings (SSSR count). The average molecular weight is 380 g/mol. The fourth-order valence-corrected chi connectivity index (χ4v) is 2.68. The molecule has 7 nitrogen and oxygen atoms in total. The molecule has 0 fully saturated rings. The Balaban J connectivity index is 2.03. The third-order valence-electron chi connectivity index (χ3n) is 3.99. The average Bonchev–Trinajstić information content (AvgIpc) is 2.63. The van der Waals surface area contributed by atoms with E-state index in [1.54, 1.807) is 12.2 Å². The van der Waals surface area contributed by atoms with Gasteiger partial charge in [-0.3, -0.25) is 4.79 Å². The summed E-state index contributed by atoms with van der Waals surface area (Å²) >= 11 is 0. The largest absolute Gasteiger partial charge is 0.508 e. The maximum atomic E-state index is 12.8. The fraction of sp³-hybridized carbons (Fsp3) is 0. The number of benzene rings is 3. The van der Waals surface area contributed by atoms with Crippen LogP contribution in [0.4, 0.5) is 0 Å². The normalized spacial score (nSPS) is 11.0. The van der Waals surface area contributed by atoms with Crippen molar-refractivity contribution in [3.63, 3.8) is 0 Å². The van der Waals surface area contributed by atoms with Crippen LogP contribution in [0.25, 0.3) is 12.2 Å². The molecular weight excluding hydrogens is 364 g/mol. The number of aromatic hydroxyl groups is 6. The van der Waals surface area contributed by atoms with E-state index in [0.717, 1.165) is 12.1 Å². The van der Waals surface area contributed by atoms with Crippen molar-refractivity contribution in [3.05, 3.63) is 70.8 Å². The van der Waals surface area contributed by atoms with E-state index in [2.05, 4.69) is 0 Å².